The van der Waals surface area contributed by atoms with Crippen LogP contribution in [0.5, 0.6) is 5.75 Å². The van der Waals surface area contributed by atoms with Crippen molar-refractivity contribution in [1.29, 1.82) is 0 Å². The maximum Gasteiger partial charge on any atom is 0.142 e. The minimum atomic E-state index is -0.437. The summed E-state index contributed by atoms with van der Waals surface area (Å²) in [7, 11) is 1.59. The first-order valence-corrected chi connectivity index (χ1v) is 10.1. The van der Waals surface area contributed by atoms with Crippen LogP contribution in [0.15, 0.2) is 60.8 Å². The maximum atomic E-state index is 14.4. The van der Waals surface area contributed by atoms with Gasteiger partial charge in [-0.15, -0.1) is 0 Å². The third-order valence-corrected chi connectivity index (χ3v) is 5.51. The lowest BCUT2D eigenvalue weighted by Crippen LogP contribution is -1.90. The van der Waals surface area contributed by atoms with E-state index in [0.717, 1.165) is 22.3 Å². The van der Waals surface area contributed by atoms with E-state index in [9.17, 15) is 4.39 Å². The number of rotatable bonds is 4. The molecule has 5 aromatic rings. The number of nitrogens with one attached hydrogen (secondary N) is 2. The first-order chi connectivity index (χ1) is 15.0. The van der Waals surface area contributed by atoms with Crippen LogP contribution in [-0.4, -0.2) is 27.0 Å². The van der Waals surface area contributed by atoms with Crippen molar-refractivity contribution in [3.8, 4) is 39.8 Å². The van der Waals surface area contributed by atoms with Gasteiger partial charge in [-0.1, -0.05) is 47.5 Å². The lowest BCUT2D eigenvalue weighted by Gasteiger charge is -2.06. The normalized spacial score (nSPS) is 11.2. The number of methoxy groups -OCH3 is 1. The molecule has 0 aliphatic rings. The summed E-state index contributed by atoms with van der Waals surface area (Å²) >= 11 is 6.21. The van der Waals surface area contributed by atoms with Crippen LogP contribution >= 0.6 is 11.6 Å². The van der Waals surface area contributed by atoms with E-state index in [2.05, 4.69) is 39.0 Å². The Morgan fingerprint density at radius 1 is 1.00 bits per heavy atom. The predicted molar refractivity (Wildman–Crippen MR) is 121 cm³/mol. The fourth-order valence-electron chi connectivity index (χ4n) is 3.57. The van der Waals surface area contributed by atoms with Crippen LogP contribution in [0.2, 0.25) is 5.02 Å². The summed E-state index contributed by atoms with van der Waals surface area (Å²) in [6.45, 7) is 2.05. The zero-order valence-corrected chi connectivity index (χ0v) is 17.6. The molecule has 0 spiro atoms. The Balaban J connectivity index is 1.60. The number of nitrogens with zero attached hydrogens (tertiary/aromatic N) is 2. The Morgan fingerprint density at radius 2 is 1.81 bits per heavy atom. The number of fused-ring (bicyclic) bond motifs is 1. The molecule has 0 saturated carbocycles. The SMILES string of the molecule is COc1cc2nc(-c3c(F)cccc3Cl)[nH]c2cc1-c1ncc(-c2ccc(C)cc2)[nH]1. The molecule has 0 saturated heterocycles. The summed E-state index contributed by atoms with van der Waals surface area (Å²) in [6.07, 6.45) is 1.79. The molecule has 0 aliphatic heterocycles. The number of benzene rings is 3. The molecule has 0 bridgehead atoms. The van der Waals surface area contributed by atoms with E-state index >= 15 is 0 Å². The van der Waals surface area contributed by atoms with E-state index in [1.807, 2.05) is 18.2 Å². The molecule has 31 heavy (non-hydrogen) atoms. The highest BCUT2D eigenvalue weighted by molar-refractivity contribution is 6.33. The largest absolute Gasteiger partial charge is 0.496 e. The highest BCUT2D eigenvalue weighted by Gasteiger charge is 2.17. The first-order valence-electron chi connectivity index (χ1n) is 9.68. The highest BCUT2D eigenvalue weighted by atomic mass is 35.5. The molecule has 2 heterocycles. The molecule has 2 N–H and O–H groups in total. The van der Waals surface area contributed by atoms with Crippen LogP contribution in [0.25, 0.3) is 45.1 Å². The topological polar surface area (TPSA) is 66.6 Å². The quantitative estimate of drug-likeness (QED) is 0.345. The van der Waals surface area contributed by atoms with Crippen molar-refractivity contribution in [2.75, 3.05) is 7.11 Å². The van der Waals surface area contributed by atoms with Crippen molar-refractivity contribution < 1.29 is 9.13 Å². The zero-order valence-electron chi connectivity index (χ0n) is 16.8. The number of imidazole rings is 2. The third-order valence-electron chi connectivity index (χ3n) is 5.20. The van der Waals surface area contributed by atoms with E-state index in [4.69, 9.17) is 16.3 Å². The molecule has 7 heteroatoms. The van der Waals surface area contributed by atoms with Gasteiger partial charge in [-0.2, -0.15) is 0 Å². The lowest BCUT2D eigenvalue weighted by molar-refractivity contribution is 0.416. The molecule has 5 nitrogen and oxygen atoms in total. The van der Waals surface area contributed by atoms with Crippen molar-refractivity contribution in [2.24, 2.45) is 0 Å². The number of ether oxygens (including phenoxy) is 1. The van der Waals surface area contributed by atoms with Crippen LogP contribution in [0.1, 0.15) is 5.56 Å². The second-order valence-electron chi connectivity index (χ2n) is 7.26. The molecule has 2 aromatic heterocycles. The molecule has 5 rings (SSSR count). The molecular weight excluding hydrogens is 415 g/mol. The second-order valence-corrected chi connectivity index (χ2v) is 7.67. The summed E-state index contributed by atoms with van der Waals surface area (Å²) in [6, 6.07) is 16.5. The van der Waals surface area contributed by atoms with E-state index in [0.29, 0.717) is 27.9 Å². The minimum absolute atomic E-state index is 0.237. The van der Waals surface area contributed by atoms with Crippen LogP contribution in [0.4, 0.5) is 4.39 Å². The number of aromatic amines is 2. The van der Waals surface area contributed by atoms with Gasteiger partial charge in [0.25, 0.3) is 0 Å². The van der Waals surface area contributed by atoms with Crippen LogP contribution in [-0.2, 0) is 0 Å². The summed E-state index contributed by atoms with van der Waals surface area (Å²) < 4.78 is 19.9. The standard InChI is InChI=1S/C24H18ClFN4O/c1-13-6-8-14(9-7-13)20-12-27-23(30-20)15-10-18-19(11-21(15)31-2)29-24(28-18)22-16(25)4-3-5-17(22)26/h3-12H,1-2H3,(H,27,30)(H,28,29). The van der Waals surface area contributed by atoms with E-state index in [1.54, 1.807) is 31.5 Å². The molecule has 0 aliphatic carbocycles. The molecule has 3 aromatic carbocycles. The summed E-state index contributed by atoms with van der Waals surface area (Å²) in [5.74, 6) is 1.19. The molecule has 0 radical (unpaired) electrons. The predicted octanol–water partition coefficient (Wildman–Crippen LogP) is 6.40. The molecule has 0 atom stereocenters. The van der Waals surface area contributed by atoms with Crippen LogP contribution in [0.3, 0.4) is 0 Å². The Bertz CT molecular complexity index is 1390. The average Bonchev–Trinajstić information content (AvgIpc) is 3.40. The fourth-order valence-corrected chi connectivity index (χ4v) is 3.82. The Hall–Kier alpha value is -3.64. The van der Waals surface area contributed by atoms with Crippen molar-refractivity contribution in [3.05, 3.63) is 77.2 Å². The van der Waals surface area contributed by atoms with Crippen molar-refractivity contribution in [3.63, 3.8) is 0 Å². The van der Waals surface area contributed by atoms with Gasteiger partial charge in [0, 0.05) is 6.07 Å². The number of halogens is 2. The molecule has 0 unspecified atom stereocenters. The third kappa shape index (κ3) is 3.45. The summed E-state index contributed by atoms with van der Waals surface area (Å²) in [4.78, 5) is 15.6. The summed E-state index contributed by atoms with van der Waals surface area (Å²) in [5.41, 5.74) is 5.51. The smallest absolute Gasteiger partial charge is 0.142 e. The van der Waals surface area contributed by atoms with Gasteiger partial charge in [-0.05, 0) is 30.7 Å². The summed E-state index contributed by atoms with van der Waals surface area (Å²) in [5, 5.41) is 0.292. The van der Waals surface area contributed by atoms with Gasteiger partial charge in [-0.25, -0.2) is 14.4 Å². The van der Waals surface area contributed by atoms with Crippen molar-refractivity contribution >= 4 is 22.6 Å². The van der Waals surface area contributed by atoms with Gasteiger partial charge in [0.2, 0.25) is 0 Å². The molecule has 0 fully saturated rings. The molecule has 0 amide bonds. The number of H-pyrrole nitrogens is 2. The van der Waals surface area contributed by atoms with Gasteiger partial charge < -0.3 is 14.7 Å². The van der Waals surface area contributed by atoms with Crippen molar-refractivity contribution in [1.82, 2.24) is 19.9 Å². The Kier molecular flexibility index (Phi) is 4.71. The Labute approximate surface area is 182 Å². The zero-order chi connectivity index (χ0) is 21.5. The average molecular weight is 433 g/mol. The van der Waals surface area contributed by atoms with E-state index in [-0.39, 0.29) is 5.56 Å². The number of hydrogen-bond donors (Lipinski definition) is 2. The second kappa shape index (κ2) is 7.56. The first kappa shape index (κ1) is 19.3. The molecule has 154 valence electrons. The maximum absolute atomic E-state index is 14.4. The number of hydrogen-bond acceptors (Lipinski definition) is 3. The van der Waals surface area contributed by atoms with Gasteiger partial charge in [0.1, 0.15) is 23.2 Å². The van der Waals surface area contributed by atoms with Gasteiger partial charge in [0.05, 0.1) is 46.2 Å². The number of aromatic nitrogens is 4. The van der Waals surface area contributed by atoms with Gasteiger partial charge >= 0.3 is 0 Å². The lowest BCUT2D eigenvalue weighted by atomic mass is 10.1. The fraction of sp³-hybridized carbons (Fsp3) is 0.0833. The highest BCUT2D eigenvalue weighted by Crippen LogP contribution is 2.35. The molecular formula is C24H18ClFN4O. The monoisotopic (exact) mass is 432 g/mol. The van der Waals surface area contributed by atoms with Gasteiger partial charge in [-0.3, -0.25) is 0 Å². The number of aryl methyl sites for hydroxylation is 1. The van der Waals surface area contributed by atoms with E-state index in [1.165, 1.54) is 11.6 Å². The van der Waals surface area contributed by atoms with E-state index < -0.39 is 5.82 Å². The Morgan fingerprint density at radius 3 is 2.55 bits per heavy atom. The van der Waals surface area contributed by atoms with Crippen molar-refractivity contribution in [2.45, 2.75) is 6.92 Å². The minimum Gasteiger partial charge on any atom is -0.496 e. The van der Waals surface area contributed by atoms with Crippen LogP contribution < -0.4 is 4.74 Å². The van der Waals surface area contributed by atoms with Crippen LogP contribution in [0, 0.1) is 12.7 Å². The van der Waals surface area contributed by atoms with Gasteiger partial charge in [0.15, 0.2) is 0 Å².